The van der Waals surface area contributed by atoms with E-state index in [4.69, 9.17) is 5.11 Å². The summed E-state index contributed by atoms with van der Waals surface area (Å²) in [5.74, 6) is -2.67. The van der Waals surface area contributed by atoms with Crippen LogP contribution in [0.4, 0.5) is 13.2 Å². The molecule has 0 bridgehead atoms. The number of aromatic hydroxyl groups is 1. The van der Waals surface area contributed by atoms with Gasteiger partial charge in [-0.05, 0) is 19.1 Å². The standard InChI is InChI=1S/C9H7F3O2/c1-4(13)5-2-6(10)8(9(11)12)7(14)3-5/h2-3,9,14H,1H3. The van der Waals surface area contributed by atoms with E-state index in [1.54, 1.807) is 0 Å². The summed E-state index contributed by atoms with van der Waals surface area (Å²) in [5.41, 5.74) is -1.21. The molecular formula is C9H7F3O2. The van der Waals surface area contributed by atoms with Gasteiger partial charge in [0.25, 0.3) is 6.43 Å². The number of phenolic OH excluding ortho intramolecular Hbond substituents is 1. The Balaban J connectivity index is 3.32. The Morgan fingerprint density at radius 1 is 1.43 bits per heavy atom. The fourth-order valence-electron chi connectivity index (χ4n) is 1.02. The minimum atomic E-state index is -3.10. The lowest BCUT2D eigenvalue weighted by atomic mass is 10.1. The normalized spacial score (nSPS) is 10.6. The Labute approximate surface area is 78.0 Å². The van der Waals surface area contributed by atoms with Crippen molar-refractivity contribution in [3.8, 4) is 5.75 Å². The average molecular weight is 204 g/mol. The smallest absolute Gasteiger partial charge is 0.270 e. The fourth-order valence-corrected chi connectivity index (χ4v) is 1.02. The second-order valence-electron chi connectivity index (χ2n) is 2.75. The molecule has 0 saturated heterocycles. The molecule has 0 amide bonds. The molecule has 0 atom stereocenters. The van der Waals surface area contributed by atoms with Crippen molar-refractivity contribution in [1.29, 1.82) is 0 Å². The molecule has 76 valence electrons. The molecule has 1 aromatic rings. The van der Waals surface area contributed by atoms with Crippen LogP contribution in [0.1, 0.15) is 29.3 Å². The van der Waals surface area contributed by atoms with Crippen molar-refractivity contribution in [2.75, 3.05) is 0 Å². The van der Waals surface area contributed by atoms with Gasteiger partial charge in [0.2, 0.25) is 0 Å². The van der Waals surface area contributed by atoms with E-state index in [1.165, 1.54) is 0 Å². The van der Waals surface area contributed by atoms with Crippen LogP contribution >= 0.6 is 0 Å². The van der Waals surface area contributed by atoms with Crippen molar-refractivity contribution in [2.24, 2.45) is 0 Å². The average Bonchev–Trinajstić information content (AvgIpc) is 2.01. The second-order valence-corrected chi connectivity index (χ2v) is 2.75. The van der Waals surface area contributed by atoms with Gasteiger partial charge in [0, 0.05) is 5.56 Å². The van der Waals surface area contributed by atoms with Crippen LogP contribution in [0.15, 0.2) is 12.1 Å². The molecule has 0 aliphatic carbocycles. The van der Waals surface area contributed by atoms with Crippen LogP contribution in [0.3, 0.4) is 0 Å². The van der Waals surface area contributed by atoms with Gasteiger partial charge in [-0.25, -0.2) is 13.2 Å². The summed E-state index contributed by atoms with van der Waals surface area (Å²) in [6.45, 7) is 1.15. The minimum Gasteiger partial charge on any atom is -0.507 e. The predicted molar refractivity (Wildman–Crippen MR) is 43.0 cm³/mol. The van der Waals surface area contributed by atoms with Gasteiger partial charge in [-0.3, -0.25) is 4.79 Å². The minimum absolute atomic E-state index is 0.135. The van der Waals surface area contributed by atoms with Gasteiger partial charge in [-0.15, -0.1) is 0 Å². The molecule has 0 aliphatic rings. The van der Waals surface area contributed by atoms with Crippen LogP contribution in [-0.2, 0) is 0 Å². The summed E-state index contributed by atoms with van der Waals surface area (Å²) in [7, 11) is 0. The molecule has 0 aliphatic heterocycles. The molecule has 1 N–H and O–H groups in total. The van der Waals surface area contributed by atoms with Crippen LogP contribution in [0, 0.1) is 5.82 Å². The molecule has 0 aromatic heterocycles. The highest BCUT2D eigenvalue weighted by Crippen LogP contribution is 2.31. The number of alkyl halides is 2. The lowest BCUT2D eigenvalue weighted by Crippen LogP contribution is -1.98. The Morgan fingerprint density at radius 2 is 2.00 bits per heavy atom. The maximum Gasteiger partial charge on any atom is 0.270 e. The first-order valence-electron chi connectivity index (χ1n) is 3.75. The number of carbonyl (C=O) groups excluding carboxylic acids is 1. The third kappa shape index (κ3) is 1.86. The van der Waals surface area contributed by atoms with E-state index >= 15 is 0 Å². The zero-order chi connectivity index (χ0) is 10.9. The highest BCUT2D eigenvalue weighted by Gasteiger charge is 2.20. The van der Waals surface area contributed by atoms with Crippen LogP contribution < -0.4 is 0 Å². The quantitative estimate of drug-likeness (QED) is 0.752. The molecule has 0 radical (unpaired) electrons. The molecule has 0 spiro atoms. The molecule has 1 rings (SSSR count). The molecule has 1 aromatic carbocycles. The first-order chi connectivity index (χ1) is 6.43. The highest BCUT2D eigenvalue weighted by atomic mass is 19.3. The van der Waals surface area contributed by atoms with Gasteiger partial charge in [-0.1, -0.05) is 0 Å². The Hall–Kier alpha value is -1.52. The number of rotatable bonds is 2. The van der Waals surface area contributed by atoms with Crippen LogP contribution in [0.2, 0.25) is 0 Å². The van der Waals surface area contributed by atoms with Crippen molar-refractivity contribution in [3.63, 3.8) is 0 Å². The van der Waals surface area contributed by atoms with E-state index in [9.17, 15) is 18.0 Å². The molecule has 0 heterocycles. The third-order valence-corrected chi connectivity index (χ3v) is 1.73. The molecule has 5 heteroatoms. The molecule has 0 unspecified atom stereocenters. The zero-order valence-electron chi connectivity index (χ0n) is 7.22. The number of benzene rings is 1. The molecule has 0 fully saturated rings. The molecule has 2 nitrogen and oxygen atoms in total. The summed E-state index contributed by atoms with van der Waals surface area (Å²) in [4.78, 5) is 10.8. The van der Waals surface area contributed by atoms with Gasteiger partial charge in [0.05, 0.1) is 5.56 Å². The summed E-state index contributed by atoms with van der Waals surface area (Å²) in [6, 6.07) is 1.51. The number of ketones is 1. The molecule has 14 heavy (non-hydrogen) atoms. The van der Waals surface area contributed by atoms with Gasteiger partial charge in [-0.2, -0.15) is 0 Å². The summed E-state index contributed by atoms with van der Waals surface area (Å²) >= 11 is 0. The maximum atomic E-state index is 12.9. The van der Waals surface area contributed by atoms with E-state index in [2.05, 4.69) is 0 Å². The van der Waals surface area contributed by atoms with Crippen molar-refractivity contribution < 1.29 is 23.1 Å². The topological polar surface area (TPSA) is 37.3 Å². The molecular weight excluding hydrogens is 197 g/mol. The van der Waals surface area contributed by atoms with Gasteiger partial charge in [0.1, 0.15) is 11.6 Å². The largest absolute Gasteiger partial charge is 0.507 e. The summed E-state index contributed by atoms with van der Waals surface area (Å²) in [5, 5.41) is 9.02. The number of halogens is 3. The number of carbonyl (C=O) groups is 1. The van der Waals surface area contributed by atoms with Crippen LogP contribution in [-0.4, -0.2) is 10.9 Å². The third-order valence-electron chi connectivity index (χ3n) is 1.73. The van der Waals surface area contributed by atoms with E-state index in [0.717, 1.165) is 13.0 Å². The SMILES string of the molecule is CC(=O)c1cc(O)c(C(F)F)c(F)c1. The second kappa shape index (κ2) is 3.69. The van der Waals surface area contributed by atoms with Gasteiger partial charge in [0.15, 0.2) is 5.78 Å². The van der Waals surface area contributed by atoms with Crippen molar-refractivity contribution in [1.82, 2.24) is 0 Å². The van der Waals surface area contributed by atoms with E-state index in [0.29, 0.717) is 6.07 Å². The number of Topliss-reactive ketones (excluding diaryl/α,β-unsaturated/α-hetero) is 1. The molecule has 0 saturated carbocycles. The van der Waals surface area contributed by atoms with Crippen LogP contribution in [0.5, 0.6) is 5.75 Å². The van der Waals surface area contributed by atoms with Crippen molar-refractivity contribution >= 4 is 5.78 Å². The maximum absolute atomic E-state index is 12.9. The van der Waals surface area contributed by atoms with Gasteiger partial charge < -0.3 is 5.11 Å². The number of hydrogen-bond acceptors (Lipinski definition) is 2. The van der Waals surface area contributed by atoms with E-state index in [1.807, 2.05) is 0 Å². The monoisotopic (exact) mass is 204 g/mol. The van der Waals surface area contributed by atoms with Gasteiger partial charge >= 0.3 is 0 Å². The first kappa shape index (κ1) is 10.6. The highest BCUT2D eigenvalue weighted by molar-refractivity contribution is 5.94. The lowest BCUT2D eigenvalue weighted by molar-refractivity contribution is 0.101. The van der Waals surface area contributed by atoms with Crippen LogP contribution in [0.25, 0.3) is 0 Å². The summed E-state index contributed by atoms with van der Waals surface area (Å²) < 4.78 is 37.2. The Bertz CT molecular complexity index is 351. The zero-order valence-corrected chi connectivity index (χ0v) is 7.22. The summed E-state index contributed by atoms with van der Waals surface area (Å²) in [6.07, 6.45) is -3.10. The van der Waals surface area contributed by atoms with E-state index < -0.39 is 29.3 Å². The van der Waals surface area contributed by atoms with Crippen molar-refractivity contribution in [2.45, 2.75) is 13.3 Å². The first-order valence-corrected chi connectivity index (χ1v) is 3.75. The van der Waals surface area contributed by atoms with E-state index in [-0.39, 0.29) is 5.56 Å². The fraction of sp³-hybridized carbons (Fsp3) is 0.222. The number of phenols is 1. The lowest BCUT2D eigenvalue weighted by Gasteiger charge is -2.06. The predicted octanol–water partition coefficient (Wildman–Crippen LogP) is 2.67. The number of hydrogen-bond donors (Lipinski definition) is 1. The van der Waals surface area contributed by atoms with Crippen molar-refractivity contribution in [3.05, 3.63) is 29.1 Å². The Kier molecular flexibility index (Phi) is 2.78. The Morgan fingerprint density at radius 3 is 2.36 bits per heavy atom.